The maximum atomic E-state index is 12.2. The van der Waals surface area contributed by atoms with Crippen LogP contribution in [0.15, 0.2) is 0 Å². The maximum Gasteiger partial charge on any atom is 0.401 e. The second kappa shape index (κ2) is 6.35. The van der Waals surface area contributed by atoms with Crippen molar-refractivity contribution in [1.29, 1.82) is 0 Å². The molecule has 0 aromatic heterocycles. The van der Waals surface area contributed by atoms with Gasteiger partial charge in [0.2, 0.25) is 0 Å². The zero-order valence-corrected chi connectivity index (χ0v) is 10.2. The summed E-state index contributed by atoms with van der Waals surface area (Å²) in [4.78, 5) is 14.5. The fraction of sp³-hybridized carbons (Fsp3) is 0.900. The lowest BCUT2D eigenvalue weighted by molar-refractivity contribution is -0.155. The molecule has 8 heteroatoms. The Hall–Kier alpha value is -0.860. The largest absolute Gasteiger partial charge is 0.468 e. The van der Waals surface area contributed by atoms with E-state index >= 15 is 0 Å². The second-order valence-electron chi connectivity index (χ2n) is 4.20. The second-order valence-corrected chi connectivity index (χ2v) is 4.20. The number of nitrogens with two attached hydrogens (primary N) is 1. The van der Waals surface area contributed by atoms with Gasteiger partial charge < -0.3 is 10.5 Å². The molecule has 0 spiro atoms. The number of methoxy groups -OCH3 is 1. The van der Waals surface area contributed by atoms with E-state index in [0.717, 1.165) is 0 Å². The minimum absolute atomic E-state index is 0.103. The van der Waals surface area contributed by atoms with Crippen molar-refractivity contribution in [2.45, 2.75) is 12.2 Å². The van der Waals surface area contributed by atoms with E-state index in [1.54, 1.807) is 4.90 Å². The lowest BCUT2D eigenvalue weighted by Gasteiger charge is -2.37. The Bertz CT molecular complexity index is 278. The Morgan fingerprint density at radius 2 is 1.89 bits per heavy atom. The van der Waals surface area contributed by atoms with Gasteiger partial charge in [-0.2, -0.15) is 13.2 Å². The molecule has 1 aliphatic heterocycles. The van der Waals surface area contributed by atoms with Gasteiger partial charge in [-0.25, -0.2) is 0 Å². The quantitative estimate of drug-likeness (QED) is 0.708. The van der Waals surface area contributed by atoms with Crippen LogP contribution in [0.1, 0.15) is 0 Å². The van der Waals surface area contributed by atoms with Crippen LogP contribution in [0.5, 0.6) is 0 Å². The summed E-state index contributed by atoms with van der Waals surface area (Å²) in [5.41, 5.74) is 5.48. The van der Waals surface area contributed by atoms with E-state index in [9.17, 15) is 18.0 Å². The number of rotatable bonds is 4. The van der Waals surface area contributed by atoms with E-state index in [4.69, 9.17) is 5.73 Å². The van der Waals surface area contributed by atoms with Crippen LogP contribution in [-0.2, 0) is 9.53 Å². The van der Waals surface area contributed by atoms with Crippen molar-refractivity contribution in [3.05, 3.63) is 0 Å². The predicted octanol–water partition coefficient (Wildman–Crippen LogP) is -0.333. The molecular weight excluding hydrogens is 251 g/mol. The summed E-state index contributed by atoms with van der Waals surface area (Å²) in [6.07, 6.45) is -4.18. The zero-order chi connectivity index (χ0) is 13.8. The molecule has 1 fully saturated rings. The van der Waals surface area contributed by atoms with Gasteiger partial charge in [-0.05, 0) is 0 Å². The Morgan fingerprint density at radius 3 is 2.28 bits per heavy atom. The summed E-state index contributed by atoms with van der Waals surface area (Å²) in [5.74, 6) is -0.443. The van der Waals surface area contributed by atoms with Gasteiger partial charge in [0.15, 0.2) is 0 Å². The monoisotopic (exact) mass is 269 g/mol. The fourth-order valence-corrected chi connectivity index (χ4v) is 2.02. The first-order valence-corrected chi connectivity index (χ1v) is 5.68. The first-order chi connectivity index (χ1) is 8.37. The minimum Gasteiger partial charge on any atom is -0.468 e. The number of hydrogen-bond donors (Lipinski definition) is 1. The summed E-state index contributed by atoms with van der Waals surface area (Å²) in [5, 5.41) is 0. The molecule has 0 bridgehead atoms. The van der Waals surface area contributed by atoms with E-state index in [1.807, 2.05) is 0 Å². The van der Waals surface area contributed by atoms with E-state index < -0.39 is 24.7 Å². The molecule has 0 aliphatic carbocycles. The van der Waals surface area contributed by atoms with Gasteiger partial charge >= 0.3 is 12.1 Å². The summed E-state index contributed by atoms with van der Waals surface area (Å²) < 4.78 is 41.2. The number of piperazine rings is 1. The van der Waals surface area contributed by atoms with Crippen molar-refractivity contribution in [3.63, 3.8) is 0 Å². The average molecular weight is 269 g/mol. The Labute approximate surface area is 104 Å². The number of esters is 1. The smallest absolute Gasteiger partial charge is 0.401 e. The number of nitrogens with zero attached hydrogens (tertiary/aromatic N) is 2. The van der Waals surface area contributed by atoms with Gasteiger partial charge in [-0.15, -0.1) is 0 Å². The van der Waals surface area contributed by atoms with Crippen LogP contribution in [0.25, 0.3) is 0 Å². The molecule has 18 heavy (non-hydrogen) atoms. The van der Waals surface area contributed by atoms with E-state index in [-0.39, 0.29) is 19.6 Å². The Morgan fingerprint density at radius 1 is 1.33 bits per heavy atom. The summed E-state index contributed by atoms with van der Waals surface area (Å²) in [7, 11) is 1.27. The third-order valence-electron chi connectivity index (χ3n) is 2.95. The number of ether oxygens (including phenoxy) is 1. The van der Waals surface area contributed by atoms with Gasteiger partial charge in [0.25, 0.3) is 0 Å². The summed E-state index contributed by atoms with van der Waals surface area (Å²) in [6.45, 7) is 0.498. The molecule has 1 rings (SSSR count). The van der Waals surface area contributed by atoms with Gasteiger partial charge in [0.05, 0.1) is 13.7 Å². The van der Waals surface area contributed by atoms with Crippen molar-refractivity contribution in [1.82, 2.24) is 9.80 Å². The first kappa shape index (κ1) is 15.2. The highest BCUT2D eigenvalue weighted by atomic mass is 19.4. The standard InChI is InChI=1S/C10H18F3N3O2/c1-18-9(17)8(6-14)16-4-2-15(3-5-16)7-10(11,12)13/h8H,2-7,14H2,1H3. The Balaban J connectivity index is 2.45. The molecule has 0 aromatic rings. The SMILES string of the molecule is COC(=O)C(CN)N1CCN(CC(F)(F)F)CC1. The third kappa shape index (κ3) is 4.43. The molecule has 1 heterocycles. The molecule has 1 unspecified atom stereocenters. The normalized spacial score (nSPS) is 20.7. The number of alkyl halides is 3. The van der Waals surface area contributed by atoms with Crippen LogP contribution >= 0.6 is 0 Å². The molecule has 0 radical (unpaired) electrons. The fourth-order valence-electron chi connectivity index (χ4n) is 2.02. The van der Waals surface area contributed by atoms with Crippen LogP contribution in [0, 0.1) is 0 Å². The molecule has 0 amide bonds. The van der Waals surface area contributed by atoms with Crippen molar-refractivity contribution < 1.29 is 22.7 Å². The molecule has 106 valence electrons. The summed E-state index contributed by atoms with van der Waals surface area (Å²) in [6, 6.07) is -0.567. The van der Waals surface area contributed by atoms with Crippen LogP contribution in [-0.4, -0.2) is 74.4 Å². The highest BCUT2D eigenvalue weighted by Gasteiger charge is 2.34. The summed E-state index contributed by atoms with van der Waals surface area (Å²) >= 11 is 0. The van der Waals surface area contributed by atoms with Crippen molar-refractivity contribution in [3.8, 4) is 0 Å². The van der Waals surface area contributed by atoms with E-state index in [0.29, 0.717) is 13.1 Å². The van der Waals surface area contributed by atoms with E-state index in [1.165, 1.54) is 12.0 Å². The number of halogens is 3. The average Bonchev–Trinajstić information content (AvgIpc) is 2.30. The topological polar surface area (TPSA) is 58.8 Å². The molecular formula is C10H18F3N3O2. The van der Waals surface area contributed by atoms with Gasteiger partial charge in [-0.1, -0.05) is 0 Å². The van der Waals surface area contributed by atoms with Gasteiger partial charge in [-0.3, -0.25) is 14.6 Å². The molecule has 1 aliphatic rings. The third-order valence-corrected chi connectivity index (χ3v) is 2.95. The first-order valence-electron chi connectivity index (χ1n) is 5.68. The van der Waals surface area contributed by atoms with Crippen LogP contribution < -0.4 is 5.73 Å². The molecule has 5 nitrogen and oxygen atoms in total. The van der Waals surface area contributed by atoms with Gasteiger partial charge in [0.1, 0.15) is 6.04 Å². The highest BCUT2D eigenvalue weighted by molar-refractivity contribution is 5.75. The van der Waals surface area contributed by atoms with Crippen molar-refractivity contribution in [2.24, 2.45) is 5.73 Å². The van der Waals surface area contributed by atoms with Gasteiger partial charge in [0, 0.05) is 32.7 Å². The van der Waals surface area contributed by atoms with Crippen molar-refractivity contribution in [2.75, 3.05) is 46.4 Å². The highest BCUT2D eigenvalue weighted by Crippen LogP contribution is 2.18. The minimum atomic E-state index is -4.18. The van der Waals surface area contributed by atoms with Crippen LogP contribution in [0.2, 0.25) is 0 Å². The number of carbonyl (C=O) groups is 1. The Kier molecular flexibility index (Phi) is 5.36. The molecule has 0 aromatic carbocycles. The maximum absolute atomic E-state index is 12.2. The lowest BCUT2D eigenvalue weighted by atomic mass is 10.2. The molecule has 0 saturated carbocycles. The molecule has 2 N–H and O–H groups in total. The zero-order valence-electron chi connectivity index (χ0n) is 10.2. The van der Waals surface area contributed by atoms with Crippen molar-refractivity contribution >= 4 is 5.97 Å². The van der Waals surface area contributed by atoms with Crippen LogP contribution in [0.3, 0.4) is 0 Å². The number of carbonyl (C=O) groups excluding carboxylic acids is 1. The lowest BCUT2D eigenvalue weighted by Crippen LogP contribution is -2.56. The molecule has 1 saturated heterocycles. The van der Waals surface area contributed by atoms with E-state index in [2.05, 4.69) is 4.74 Å². The van der Waals surface area contributed by atoms with Crippen LogP contribution in [0.4, 0.5) is 13.2 Å². The number of hydrogen-bond acceptors (Lipinski definition) is 5. The molecule has 1 atom stereocenters. The predicted molar refractivity (Wildman–Crippen MR) is 58.9 cm³/mol.